The summed E-state index contributed by atoms with van der Waals surface area (Å²) in [5.74, 6) is -0.633. The fraction of sp³-hybridized carbons (Fsp3) is 0.471. The second kappa shape index (κ2) is 7.38. The van der Waals surface area contributed by atoms with E-state index in [9.17, 15) is 23.1 Å². The van der Waals surface area contributed by atoms with Crippen molar-refractivity contribution in [3.8, 4) is 11.6 Å². The molecule has 0 spiro atoms. The second-order valence-corrected chi connectivity index (χ2v) is 6.95. The normalized spacial score (nSPS) is 12.3. The molecule has 10 heteroatoms. The lowest BCUT2D eigenvalue weighted by Gasteiger charge is -2.27. The van der Waals surface area contributed by atoms with Crippen molar-refractivity contribution in [1.82, 2.24) is 14.5 Å². The quantitative estimate of drug-likeness (QED) is 0.774. The molecule has 0 aliphatic carbocycles. The third kappa shape index (κ3) is 4.02. The van der Waals surface area contributed by atoms with Gasteiger partial charge in [0.2, 0.25) is 0 Å². The van der Waals surface area contributed by atoms with Gasteiger partial charge in [-0.3, -0.25) is 4.57 Å². The lowest BCUT2D eigenvalue weighted by atomic mass is 9.85. The molecule has 2 rings (SSSR count). The van der Waals surface area contributed by atoms with Crippen LogP contribution in [-0.4, -0.2) is 38.9 Å². The first-order chi connectivity index (χ1) is 12.4. The molecule has 0 fully saturated rings. The highest BCUT2D eigenvalue weighted by Gasteiger charge is 2.47. The molecular formula is C17H19ClF3N3O3. The number of rotatable bonds is 6. The van der Waals surface area contributed by atoms with Gasteiger partial charge < -0.3 is 9.84 Å². The van der Waals surface area contributed by atoms with Crippen molar-refractivity contribution in [3.05, 3.63) is 34.5 Å². The van der Waals surface area contributed by atoms with Gasteiger partial charge in [-0.05, 0) is 18.1 Å². The standard InChI is InChI=1S/C17H19ClF3N3O3/c1-5-11-23-12(15(25)26)13(18)24(11)14-10(27-4)6-9(8-22-14)7-16(2,3)17(19,20)21/h6,8H,5,7H2,1-4H3,(H,25,26). The highest BCUT2D eigenvalue weighted by atomic mass is 35.5. The van der Waals surface area contributed by atoms with Crippen molar-refractivity contribution in [1.29, 1.82) is 0 Å². The van der Waals surface area contributed by atoms with Gasteiger partial charge in [-0.2, -0.15) is 13.2 Å². The summed E-state index contributed by atoms with van der Waals surface area (Å²) < 4.78 is 46.0. The van der Waals surface area contributed by atoms with Crippen LogP contribution in [0.25, 0.3) is 5.82 Å². The van der Waals surface area contributed by atoms with E-state index in [1.807, 2.05) is 0 Å². The minimum absolute atomic E-state index is 0.159. The van der Waals surface area contributed by atoms with Crippen LogP contribution in [-0.2, 0) is 12.8 Å². The molecular weight excluding hydrogens is 387 g/mol. The lowest BCUT2D eigenvalue weighted by Crippen LogP contribution is -2.34. The van der Waals surface area contributed by atoms with Crippen LogP contribution in [0.1, 0.15) is 42.6 Å². The molecule has 0 aromatic carbocycles. The van der Waals surface area contributed by atoms with E-state index < -0.39 is 17.6 Å². The summed E-state index contributed by atoms with van der Waals surface area (Å²) in [6, 6.07) is 1.44. The van der Waals surface area contributed by atoms with Crippen LogP contribution >= 0.6 is 11.6 Å². The smallest absolute Gasteiger partial charge is 0.394 e. The largest absolute Gasteiger partial charge is 0.493 e. The number of alkyl halides is 3. The first-order valence-electron chi connectivity index (χ1n) is 8.03. The summed E-state index contributed by atoms with van der Waals surface area (Å²) >= 11 is 6.15. The number of carboxylic acid groups (broad SMARTS) is 1. The minimum atomic E-state index is -4.38. The van der Waals surface area contributed by atoms with Crippen molar-refractivity contribution in [2.24, 2.45) is 5.41 Å². The van der Waals surface area contributed by atoms with E-state index in [4.69, 9.17) is 16.3 Å². The van der Waals surface area contributed by atoms with E-state index in [-0.39, 0.29) is 28.8 Å². The van der Waals surface area contributed by atoms with E-state index >= 15 is 0 Å². The Bertz CT molecular complexity index is 863. The zero-order chi connectivity index (χ0) is 20.6. The van der Waals surface area contributed by atoms with Gasteiger partial charge in [0.05, 0.1) is 12.5 Å². The molecule has 2 aromatic heterocycles. The molecule has 1 N–H and O–H groups in total. The number of pyridine rings is 1. The summed E-state index contributed by atoms with van der Waals surface area (Å²) in [7, 11) is 1.34. The third-order valence-corrected chi connectivity index (χ3v) is 4.49. The Morgan fingerprint density at radius 3 is 2.48 bits per heavy atom. The number of halogens is 4. The number of carbonyl (C=O) groups is 1. The van der Waals surface area contributed by atoms with Crippen molar-refractivity contribution >= 4 is 17.6 Å². The molecule has 0 radical (unpaired) electrons. The predicted octanol–water partition coefficient (Wildman–Crippen LogP) is 4.32. The van der Waals surface area contributed by atoms with Crippen molar-refractivity contribution in [2.75, 3.05) is 7.11 Å². The number of aromatic nitrogens is 3. The van der Waals surface area contributed by atoms with E-state index in [0.717, 1.165) is 13.8 Å². The Morgan fingerprint density at radius 1 is 1.37 bits per heavy atom. The van der Waals surface area contributed by atoms with Crippen molar-refractivity contribution in [2.45, 2.75) is 39.8 Å². The van der Waals surface area contributed by atoms with Gasteiger partial charge >= 0.3 is 12.1 Å². The molecule has 0 aliphatic rings. The first-order valence-corrected chi connectivity index (χ1v) is 8.41. The molecule has 2 aromatic rings. The third-order valence-electron chi connectivity index (χ3n) is 4.14. The van der Waals surface area contributed by atoms with Crippen LogP contribution in [0, 0.1) is 5.41 Å². The molecule has 6 nitrogen and oxygen atoms in total. The summed E-state index contributed by atoms with van der Waals surface area (Å²) in [6.45, 7) is 3.97. The zero-order valence-corrected chi connectivity index (χ0v) is 15.9. The maximum absolute atomic E-state index is 13.1. The molecule has 0 amide bonds. The summed E-state index contributed by atoms with van der Waals surface area (Å²) in [6.07, 6.45) is -3.01. The van der Waals surface area contributed by atoms with Crippen LogP contribution in [0.3, 0.4) is 0 Å². The molecule has 0 saturated heterocycles. The maximum Gasteiger partial charge on any atom is 0.394 e. The predicted molar refractivity (Wildman–Crippen MR) is 92.8 cm³/mol. The number of ether oxygens (including phenoxy) is 1. The number of hydrogen-bond donors (Lipinski definition) is 1. The van der Waals surface area contributed by atoms with Gasteiger partial charge in [0.25, 0.3) is 0 Å². The van der Waals surface area contributed by atoms with Crippen LogP contribution in [0.15, 0.2) is 12.3 Å². The number of methoxy groups -OCH3 is 1. The van der Waals surface area contributed by atoms with Gasteiger partial charge in [-0.25, -0.2) is 14.8 Å². The van der Waals surface area contributed by atoms with Crippen LogP contribution in [0.2, 0.25) is 5.15 Å². The Labute approximate surface area is 159 Å². The molecule has 0 unspecified atom stereocenters. The average Bonchev–Trinajstić information content (AvgIpc) is 2.90. The van der Waals surface area contributed by atoms with Crippen molar-refractivity contribution < 1.29 is 27.8 Å². The molecule has 0 atom stereocenters. The Hall–Kier alpha value is -2.29. The molecule has 0 bridgehead atoms. The summed E-state index contributed by atoms with van der Waals surface area (Å²) in [5.41, 5.74) is -1.95. The molecule has 27 heavy (non-hydrogen) atoms. The number of aryl methyl sites for hydroxylation is 1. The molecule has 0 saturated carbocycles. The number of aromatic carboxylic acids is 1. The SMILES string of the molecule is CCc1nc(C(=O)O)c(Cl)n1-c1ncc(CC(C)(C)C(F)(F)F)cc1OC. The number of imidazole rings is 1. The van der Waals surface area contributed by atoms with Crippen LogP contribution in [0.4, 0.5) is 13.2 Å². The molecule has 2 heterocycles. The number of carboxylic acids is 1. The van der Waals surface area contributed by atoms with E-state index in [0.29, 0.717) is 17.8 Å². The topological polar surface area (TPSA) is 77.2 Å². The first kappa shape index (κ1) is 21.0. The monoisotopic (exact) mass is 405 g/mol. The summed E-state index contributed by atoms with van der Waals surface area (Å²) in [5, 5.41) is 9.04. The average molecular weight is 406 g/mol. The minimum Gasteiger partial charge on any atom is -0.493 e. The highest BCUT2D eigenvalue weighted by molar-refractivity contribution is 6.32. The summed E-state index contributed by atoms with van der Waals surface area (Å²) in [4.78, 5) is 19.4. The zero-order valence-electron chi connectivity index (χ0n) is 15.2. The van der Waals surface area contributed by atoms with Gasteiger partial charge in [0, 0.05) is 12.6 Å². The van der Waals surface area contributed by atoms with Gasteiger partial charge in [-0.15, -0.1) is 0 Å². The van der Waals surface area contributed by atoms with Gasteiger partial charge in [-0.1, -0.05) is 32.4 Å². The Balaban J connectivity index is 2.54. The molecule has 0 aliphatic heterocycles. The number of nitrogens with zero attached hydrogens (tertiary/aromatic N) is 3. The van der Waals surface area contributed by atoms with Crippen molar-refractivity contribution in [3.63, 3.8) is 0 Å². The van der Waals surface area contributed by atoms with E-state index in [2.05, 4.69) is 9.97 Å². The fourth-order valence-corrected chi connectivity index (χ4v) is 2.84. The van der Waals surface area contributed by atoms with Gasteiger partial charge in [0.15, 0.2) is 17.3 Å². The van der Waals surface area contributed by atoms with Crippen LogP contribution in [0.5, 0.6) is 5.75 Å². The highest BCUT2D eigenvalue weighted by Crippen LogP contribution is 2.41. The lowest BCUT2D eigenvalue weighted by molar-refractivity contribution is -0.211. The molecule has 148 valence electrons. The maximum atomic E-state index is 13.1. The van der Waals surface area contributed by atoms with Gasteiger partial charge in [0.1, 0.15) is 11.0 Å². The van der Waals surface area contributed by atoms with E-state index in [1.165, 1.54) is 23.9 Å². The number of hydrogen-bond acceptors (Lipinski definition) is 4. The Morgan fingerprint density at radius 2 is 2.00 bits per heavy atom. The Kier molecular flexibility index (Phi) is 5.74. The fourth-order valence-electron chi connectivity index (χ4n) is 2.54. The second-order valence-electron chi connectivity index (χ2n) is 6.59. The van der Waals surface area contributed by atoms with E-state index in [1.54, 1.807) is 6.92 Å². The van der Waals surface area contributed by atoms with Crippen LogP contribution < -0.4 is 4.74 Å².